The van der Waals surface area contributed by atoms with Gasteiger partial charge in [0.25, 0.3) is 5.91 Å². The minimum absolute atomic E-state index is 0.000811. The summed E-state index contributed by atoms with van der Waals surface area (Å²) in [6, 6.07) is 6.85. The third kappa shape index (κ3) is 5.38. The fourth-order valence-electron chi connectivity index (χ4n) is 2.06. The van der Waals surface area contributed by atoms with E-state index in [2.05, 4.69) is 20.4 Å². The lowest BCUT2D eigenvalue weighted by Gasteiger charge is -2.11. The number of para-hydroxylation sites is 2. The van der Waals surface area contributed by atoms with Gasteiger partial charge in [0.2, 0.25) is 5.91 Å². The van der Waals surface area contributed by atoms with Crippen LogP contribution >= 0.6 is 11.3 Å². The number of anilines is 2. The lowest BCUT2D eigenvalue weighted by Crippen LogP contribution is -2.17. The Hall–Kier alpha value is -2.74. The predicted molar refractivity (Wildman–Crippen MR) is 100 cm³/mol. The van der Waals surface area contributed by atoms with E-state index >= 15 is 0 Å². The van der Waals surface area contributed by atoms with Crippen LogP contribution in [0.4, 0.5) is 11.4 Å². The zero-order valence-corrected chi connectivity index (χ0v) is 15.7. The number of nitrogens with zero attached hydrogens (tertiary/aromatic N) is 1. The van der Waals surface area contributed by atoms with Gasteiger partial charge in [0.15, 0.2) is 5.01 Å². The van der Waals surface area contributed by atoms with Crippen molar-refractivity contribution >= 4 is 40.5 Å². The molecule has 7 nitrogen and oxygen atoms in total. The van der Waals surface area contributed by atoms with Crippen LogP contribution in [0.25, 0.3) is 0 Å². The summed E-state index contributed by atoms with van der Waals surface area (Å²) >= 11 is 1.28. The lowest BCUT2D eigenvalue weighted by atomic mass is 10.2. The molecule has 8 heteroatoms. The fourth-order valence-corrected chi connectivity index (χ4v) is 2.94. The summed E-state index contributed by atoms with van der Waals surface area (Å²) in [6.45, 7) is 4.02. The van der Waals surface area contributed by atoms with Crippen molar-refractivity contribution in [3.8, 4) is 0 Å². The summed E-state index contributed by atoms with van der Waals surface area (Å²) in [5.41, 5.74) is 1.78. The molecule has 0 aliphatic heterocycles. The standard InChI is InChI=1S/C18H21N3O4S/c1-11(2)14-10-26-18(21-14)17(24)20-13-7-5-4-6-12(13)19-15(22)8-9-16(23)25-3/h4-7,10-11H,8-9H2,1-3H3,(H,19,22)(H,20,24). The highest BCUT2D eigenvalue weighted by molar-refractivity contribution is 7.11. The zero-order chi connectivity index (χ0) is 19.1. The molecule has 0 aliphatic carbocycles. The Morgan fingerprint density at radius 2 is 1.77 bits per heavy atom. The van der Waals surface area contributed by atoms with Crippen molar-refractivity contribution in [1.82, 2.24) is 4.98 Å². The average Bonchev–Trinajstić information content (AvgIpc) is 3.12. The van der Waals surface area contributed by atoms with Gasteiger partial charge in [-0.3, -0.25) is 14.4 Å². The summed E-state index contributed by atoms with van der Waals surface area (Å²) in [7, 11) is 1.27. The second-order valence-corrected chi connectivity index (χ2v) is 6.71. The molecule has 138 valence electrons. The van der Waals surface area contributed by atoms with Crippen LogP contribution in [0.3, 0.4) is 0 Å². The normalized spacial score (nSPS) is 10.5. The highest BCUT2D eigenvalue weighted by Crippen LogP contribution is 2.24. The number of methoxy groups -OCH3 is 1. The van der Waals surface area contributed by atoms with E-state index in [0.717, 1.165) is 5.69 Å². The van der Waals surface area contributed by atoms with Crippen molar-refractivity contribution in [1.29, 1.82) is 0 Å². The molecule has 1 aromatic carbocycles. The number of nitrogens with one attached hydrogen (secondary N) is 2. The second kappa shape index (κ2) is 9.10. The van der Waals surface area contributed by atoms with E-state index < -0.39 is 5.97 Å². The number of ether oxygens (including phenoxy) is 1. The van der Waals surface area contributed by atoms with Crippen molar-refractivity contribution in [2.75, 3.05) is 17.7 Å². The minimum Gasteiger partial charge on any atom is -0.469 e. The Balaban J connectivity index is 2.04. The number of benzene rings is 1. The van der Waals surface area contributed by atoms with E-state index in [1.165, 1.54) is 18.4 Å². The average molecular weight is 375 g/mol. The molecule has 0 bridgehead atoms. The van der Waals surface area contributed by atoms with Crippen LogP contribution in [-0.4, -0.2) is 29.9 Å². The minimum atomic E-state index is -0.452. The van der Waals surface area contributed by atoms with E-state index in [4.69, 9.17) is 0 Å². The molecule has 0 aliphatic rings. The number of hydrogen-bond acceptors (Lipinski definition) is 6. The molecule has 0 saturated carbocycles. The number of aromatic nitrogens is 1. The molecule has 26 heavy (non-hydrogen) atoms. The fraction of sp³-hybridized carbons (Fsp3) is 0.333. The van der Waals surface area contributed by atoms with Crippen LogP contribution in [0.2, 0.25) is 0 Å². The molecule has 0 unspecified atom stereocenters. The topological polar surface area (TPSA) is 97.4 Å². The van der Waals surface area contributed by atoms with Crippen molar-refractivity contribution in [2.45, 2.75) is 32.6 Å². The van der Waals surface area contributed by atoms with Gasteiger partial charge >= 0.3 is 5.97 Å². The maximum Gasteiger partial charge on any atom is 0.306 e. The first-order valence-corrected chi connectivity index (χ1v) is 9.01. The first kappa shape index (κ1) is 19.6. The van der Waals surface area contributed by atoms with Gasteiger partial charge in [0.05, 0.1) is 30.6 Å². The van der Waals surface area contributed by atoms with Crippen molar-refractivity contribution in [3.05, 3.63) is 40.3 Å². The van der Waals surface area contributed by atoms with Gasteiger partial charge in [0, 0.05) is 11.8 Å². The highest BCUT2D eigenvalue weighted by Gasteiger charge is 2.15. The highest BCUT2D eigenvalue weighted by atomic mass is 32.1. The van der Waals surface area contributed by atoms with Crippen LogP contribution in [-0.2, 0) is 14.3 Å². The maximum absolute atomic E-state index is 12.4. The molecular weight excluding hydrogens is 354 g/mol. The molecule has 2 N–H and O–H groups in total. The van der Waals surface area contributed by atoms with E-state index in [-0.39, 0.29) is 30.6 Å². The first-order chi connectivity index (χ1) is 12.4. The van der Waals surface area contributed by atoms with Crippen LogP contribution in [0.5, 0.6) is 0 Å². The van der Waals surface area contributed by atoms with Gasteiger partial charge in [0.1, 0.15) is 0 Å². The maximum atomic E-state index is 12.4. The van der Waals surface area contributed by atoms with Crippen LogP contribution in [0.1, 0.15) is 48.1 Å². The Bertz CT molecular complexity index is 801. The summed E-state index contributed by atoms with van der Waals surface area (Å²) in [4.78, 5) is 39.8. The van der Waals surface area contributed by atoms with Crippen LogP contribution < -0.4 is 10.6 Å². The third-order valence-electron chi connectivity index (χ3n) is 3.54. The SMILES string of the molecule is COC(=O)CCC(=O)Nc1ccccc1NC(=O)c1nc(C(C)C)cs1. The van der Waals surface area contributed by atoms with Crippen LogP contribution in [0, 0.1) is 0 Å². The molecule has 2 rings (SSSR count). The van der Waals surface area contributed by atoms with Gasteiger partial charge in [-0.15, -0.1) is 11.3 Å². The number of esters is 1. The number of rotatable bonds is 7. The summed E-state index contributed by atoms with van der Waals surface area (Å²) < 4.78 is 4.51. The molecule has 0 spiro atoms. The van der Waals surface area contributed by atoms with Gasteiger partial charge in [-0.25, -0.2) is 4.98 Å². The number of carbonyl (C=O) groups excluding carboxylic acids is 3. The van der Waals surface area contributed by atoms with Gasteiger partial charge in [-0.1, -0.05) is 26.0 Å². The molecule has 1 aromatic heterocycles. The van der Waals surface area contributed by atoms with E-state index in [9.17, 15) is 14.4 Å². The third-order valence-corrected chi connectivity index (χ3v) is 4.40. The Kier molecular flexibility index (Phi) is 6.85. The number of hydrogen-bond donors (Lipinski definition) is 2. The molecule has 2 aromatic rings. The lowest BCUT2D eigenvalue weighted by molar-refractivity contribution is -0.141. The van der Waals surface area contributed by atoms with Gasteiger partial charge in [-0.2, -0.15) is 0 Å². The Morgan fingerprint density at radius 3 is 2.35 bits per heavy atom. The van der Waals surface area contributed by atoms with Crippen LogP contribution in [0.15, 0.2) is 29.6 Å². The molecule has 2 amide bonds. The van der Waals surface area contributed by atoms with E-state index in [0.29, 0.717) is 16.4 Å². The summed E-state index contributed by atoms with van der Waals surface area (Å²) in [5, 5.41) is 7.68. The number of thiazole rings is 1. The smallest absolute Gasteiger partial charge is 0.306 e. The largest absolute Gasteiger partial charge is 0.469 e. The molecule has 0 radical (unpaired) electrons. The Labute approximate surface area is 155 Å². The molecule has 0 fully saturated rings. The van der Waals surface area contributed by atoms with Crippen molar-refractivity contribution < 1.29 is 19.1 Å². The monoisotopic (exact) mass is 375 g/mol. The summed E-state index contributed by atoms with van der Waals surface area (Å²) in [6.07, 6.45) is -0.00681. The van der Waals surface area contributed by atoms with Crippen molar-refractivity contribution in [3.63, 3.8) is 0 Å². The molecule has 0 atom stereocenters. The second-order valence-electron chi connectivity index (χ2n) is 5.86. The molecular formula is C18H21N3O4S. The summed E-state index contributed by atoms with van der Waals surface area (Å²) in [5.74, 6) is -0.882. The van der Waals surface area contributed by atoms with E-state index in [1.54, 1.807) is 24.3 Å². The number of carbonyl (C=O) groups is 3. The van der Waals surface area contributed by atoms with Gasteiger partial charge in [-0.05, 0) is 18.1 Å². The van der Waals surface area contributed by atoms with E-state index in [1.807, 2.05) is 19.2 Å². The molecule has 1 heterocycles. The van der Waals surface area contributed by atoms with Crippen molar-refractivity contribution in [2.24, 2.45) is 0 Å². The zero-order valence-electron chi connectivity index (χ0n) is 14.9. The predicted octanol–water partition coefficient (Wildman–Crippen LogP) is 3.41. The number of amides is 2. The molecule has 0 saturated heterocycles. The first-order valence-electron chi connectivity index (χ1n) is 8.13. The quantitative estimate of drug-likeness (QED) is 0.723. The Morgan fingerprint density at radius 1 is 1.12 bits per heavy atom. The van der Waals surface area contributed by atoms with Gasteiger partial charge < -0.3 is 15.4 Å².